The van der Waals surface area contributed by atoms with Crippen LogP contribution in [-0.4, -0.2) is 36.2 Å². The number of rotatable bonds is 6. The number of nitrogens with zero attached hydrogens (tertiary/aromatic N) is 4. The van der Waals surface area contributed by atoms with E-state index in [1.54, 1.807) is 10.7 Å². The molecule has 0 amide bonds. The molecular weight excluding hydrogens is 539 g/mol. The zero-order valence-electron chi connectivity index (χ0n) is 19.8. The van der Waals surface area contributed by atoms with Crippen LogP contribution >= 0.6 is 15.9 Å². The first-order chi connectivity index (χ1) is 17.9. The van der Waals surface area contributed by atoms with Crippen molar-refractivity contribution in [1.29, 1.82) is 0 Å². The van der Waals surface area contributed by atoms with E-state index < -0.39 is 12.0 Å². The molecule has 1 aliphatic heterocycles. The Morgan fingerprint density at radius 2 is 1.89 bits per heavy atom. The third kappa shape index (κ3) is 4.67. The van der Waals surface area contributed by atoms with Crippen molar-refractivity contribution in [3.63, 3.8) is 0 Å². The second-order valence-corrected chi connectivity index (χ2v) is 9.79. The molecule has 0 saturated heterocycles. The predicted molar refractivity (Wildman–Crippen MR) is 141 cm³/mol. The quantitative estimate of drug-likeness (QED) is 0.288. The molecular formula is C27H22BrFN6O2. The average molecular weight is 561 g/mol. The molecule has 6 rings (SSSR count). The fraction of sp³-hybridized carbons (Fsp3) is 0.148. The highest BCUT2D eigenvalue weighted by molar-refractivity contribution is 9.10. The zero-order valence-corrected chi connectivity index (χ0v) is 21.4. The predicted octanol–water partition coefficient (Wildman–Crippen LogP) is 5.44. The molecule has 0 fully saturated rings. The number of H-pyrrole nitrogens is 2. The molecule has 3 aromatic heterocycles. The summed E-state index contributed by atoms with van der Waals surface area (Å²) in [7, 11) is 0. The number of fused-ring (bicyclic) bond motifs is 1. The van der Waals surface area contributed by atoms with E-state index in [-0.39, 0.29) is 5.69 Å². The molecule has 1 aliphatic rings. The van der Waals surface area contributed by atoms with Crippen molar-refractivity contribution in [3.8, 4) is 17.1 Å². The second-order valence-electron chi connectivity index (χ2n) is 8.87. The van der Waals surface area contributed by atoms with E-state index in [0.29, 0.717) is 17.9 Å². The molecule has 2 aromatic carbocycles. The fourth-order valence-electron chi connectivity index (χ4n) is 4.50. The van der Waals surface area contributed by atoms with E-state index in [0.717, 1.165) is 44.5 Å². The highest BCUT2D eigenvalue weighted by atomic mass is 79.9. The summed E-state index contributed by atoms with van der Waals surface area (Å²) in [6.45, 7) is 2.58. The Hall–Kier alpha value is -4.18. The minimum atomic E-state index is -0.429. The zero-order chi connectivity index (χ0) is 25.5. The van der Waals surface area contributed by atoms with Crippen molar-refractivity contribution >= 4 is 27.0 Å². The van der Waals surface area contributed by atoms with Gasteiger partial charge in [-0.25, -0.2) is 13.9 Å². The van der Waals surface area contributed by atoms with Gasteiger partial charge in [-0.2, -0.15) is 5.10 Å². The van der Waals surface area contributed by atoms with Crippen LogP contribution in [0.2, 0.25) is 0 Å². The number of halogens is 2. The highest BCUT2D eigenvalue weighted by Crippen LogP contribution is 2.37. The molecule has 0 saturated carbocycles. The third-order valence-electron chi connectivity index (χ3n) is 6.26. The van der Waals surface area contributed by atoms with Crippen LogP contribution in [0.5, 0.6) is 0 Å². The van der Waals surface area contributed by atoms with Gasteiger partial charge in [0.25, 0.3) is 0 Å². The number of aromatic amines is 2. The fourth-order valence-corrected chi connectivity index (χ4v) is 4.77. The minimum Gasteiger partial charge on any atom is -0.469 e. The van der Waals surface area contributed by atoms with Gasteiger partial charge in [0.15, 0.2) is 0 Å². The van der Waals surface area contributed by atoms with Crippen molar-refractivity contribution in [3.05, 3.63) is 111 Å². The number of pyridine rings is 1. The third-order valence-corrected chi connectivity index (χ3v) is 6.78. The molecule has 0 aliphatic carbocycles. The van der Waals surface area contributed by atoms with Crippen molar-refractivity contribution in [2.24, 2.45) is 0 Å². The number of hydrogen-bond acceptors (Lipinski definition) is 5. The maximum Gasteiger partial charge on any atom is 0.323 e. The Morgan fingerprint density at radius 1 is 1.08 bits per heavy atom. The highest BCUT2D eigenvalue weighted by Gasteiger charge is 2.31. The van der Waals surface area contributed by atoms with Gasteiger partial charge < -0.3 is 19.6 Å². The van der Waals surface area contributed by atoms with Crippen LogP contribution in [0.3, 0.4) is 0 Å². The van der Waals surface area contributed by atoms with Crippen LogP contribution in [0.15, 0.2) is 88.2 Å². The summed E-state index contributed by atoms with van der Waals surface area (Å²) in [6.07, 6.45) is 5.42. The van der Waals surface area contributed by atoms with E-state index in [2.05, 4.69) is 35.8 Å². The summed E-state index contributed by atoms with van der Waals surface area (Å²) in [5, 5.41) is 4.82. The summed E-state index contributed by atoms with van der Waals surface area (Å²) >= 11 is 3.47. The summed E-state index contributed by atoms with van der Waals surface area (Å²) in [5.41, 5.74) is 5.30. The molecule has 10 heteroatoms. The van der Waals surface area contributed by atoms with Gasteiger partial charge in [0.05, 0.1) is 34.2 Å². The van der Waals surface area contributed by atoms with Crippen LogP contribution in [0.1, 0.15) is 24.3 Å². The molecule has 2 N–H and O–H groups in total. The maximum atomic E-state index is 13.6. The lowest BCUT2D eigenvalue weighted by Crippen LogP contribution is -2.23. The van der Waals surface area contributed by atoms with Gasteiger partial charge in [0, 0.05) is 23.4 Å². The van der Waals surface area contributed by atoms with Crippen LogP contribution in [0, 0.1) is 5.82 Å². The molecule has 4 heterocycles. The molecule has 0 spiro atoms. The minimum absolute atomic E-state index is 0.219. The Balaban J connectivity index is 1.34. The van der Waals surface area contributed by atoms with Crippen LogP contribution in [0.25, 0.3) is 28.1 Å². The number of hydrogen-bond donors (Lipinski definition) is 2. The molecule has 37 heavy (non-hydrogen) atoms. The molecule has 0 radical (unpaired) electrons. The Morgan fingerprint density at radius 3 is 2.68 bits per heavy atom. The van der Waals surface area contributed by atoms with Gasteiger partial charge in [-0.1, -0.05) is 22.0 Å². The first-order valence-corrected chi connectivity index (χ1v) is 12.5. The van der Waals surface area contributed by atoms with Gasteiger partial charge >= 0.3 is 5.69 Å². The normalized spacial score (nSPS) is 15.3. The maximum absolute atomic E-state index is 13.6. The van der Waals surface area contributed by atoms with E-state index in [4.69, 9.17) is 9.84 Å². The lowest BCUT2D eigenvalue weighted by Gasteiger charge is -2.24. The molecule has 0 bridgehead atoms. The van der Waals surface area contributed by atoms with Crippen molar-refractivity contribution < 1.29 is 9.13 Å². The van der Waals surface area contributed by atoms with Crippen LogP contribution in [-0.2, 0) is 11.2 Å². The molecule has 5 aromatic rings. The summed E-state index contributed by atoms with van der Waals surface area (Å²) in [6, 6.07) is 16.7. The summed E-state index contributed by atoms with van der Waals surface area (Å²) in [4.78, 5) is 23.6. The number of ether oxygens (including phenoxy) is 1. The Kier molecular flexibility index (Phi) is 5.88. The number of imidazole rings is 1. The topological polar surface area (TPSA) is 91.8 Å². The van der Waals surface area contributed by atoms with Crippen molar-refractivity contribution in [2.45, 2.75) is 19.6 Å². The van der Waals surface area contributed by atoms with Gasteiger partial charge in [-0.05, 0) is 67.4 Å². The number of allylic oxidation sites excluding steroid dienone is 1. The smallest absolute Gasteiger partial charge is 0.323 e. The second kappa shape index (κ2) is 9.36. The molecule has 0 unspecified atom stereocenters. The number of aromatic nitrogens is 5. The van der Waals surface area contributed by atoms with E-state index in [1.807, 2.05) is 61.8 Å². The average Bonchev–Trinajstić information content (AvgIpc) is 3.59. The number of benzene rings is 2. The molecule has 8 nitrogen and oxygen atoms in total. The van der Waals surface area contributed by atoms with Crippen LogP contribution < -0.4 is 5.69 Å². The van der Waals surface area contributed by atoms with E-state index in [1.165, 1.54) is 12.3 Å². The monoisotopic (exact) mass is 560 g/mol. The largest absolute Gasteiger partial charge is 0.469 e. The summed E-state index contributed by atoms with van der Waals surface area (Å²) < 4.78 is 22.6. The lowest BCUT2D eigenvalue weighted by molar-refractivity contribution is 0.0444. The van der Waals surface area contributed by atoms with E-state index in [9.17, 15) is 9.18 Å². The standard InChI is InChI=1S/C27H22BrFN6O2/c1-16-14-34(11-10-17-2-8-22-24(12-17)32-27(36)31-22)26(37-16)21-15-35(20-6-3-18(28)4-7-20)33-25(21)23-9-5-19(29)13-30-23/h2-9,12-15,26H,10-11H2,1H3,(H2,31,32,36)/t26-/m0/s1. The van der Waals surface area contributed by atoms with Crippen molar-refractivity contribution in [2.75, 3.05) is 6.54 Å². The van der Waals surface area contributed by atoms with Gasteiger partial charge in [-0.3, -0.25) is 4.98 Å². The molecule has 1 atom stereocenters. The first kappa shape index (κ1) is 23.2. The van der Waals surface area contributed by atoms with Crippen LogP contribution in [0.4, 0.5) is 4.39 Å². The van der Waals surface area contributed by atoms with E-state index >= 15 is 0 Å². The van der Waals surface area contributed by atoms with Crippen molar-refractivity contribution in [1.82, 2.24) is 29.6 Å². The SMILES string of the molecule is CC1=CN(CCc2ccc3[nH]c(=O)[nH]c3c2)[C@H](c2cn(-c3ccc(Br)cc3)nc2-c2ccc(F)cn2)O1. The number of nitrogens with one attached hydrogen (secondary N) is 2. The lowest BCUT2D eigenvalue weighted by atomic mass is 10.1. The van der Waals surface area contributed by atoms with Gasteiger partial charge in [0.2, 0.25) is 6.23 Å². The first-order valence-electron chi connectivity index (χ1n) is 11.7. The molecule has 186 valence electrons. The Bertz CT molecular complexity index is 1670. The van der Waals surface area contributed by atoms with Gasteiger partial charge in [-0.15, -0.1) is 0 Å². The van der Waals surface area contributed by atoms with Gasteiger partial charge in [0.1, 0.15) is 17.3 Å². The Labute approximate surface area is 219 Å². The summed E-state index contributed by atoms with van der Waals surface area (Å²) in [5.74, 6) is 0.374.